The van der Waals surface area contributed by atoms with Crippen LogP contribution in [0.15, 0.2) is 42.2 Å². The molecule has 3 rings (SSSR count). The van der Waals surface area contributed by atoms with E-state index in [0.29, 0.717) is 26.6 Å². The number of carbonyl (C=O) groups is 1. The number of benzene rings is 2. The Morgan fingerprint density at radius 3 is 2.52 bits per heavy atom. The number of phenolic OH excluding ortho intramolecular Hbond substituents is 1. The lowest BCUT2D eigenvalue weighted by atomic mass is 10.0. The van der Waals surface area contributed by atoms with Crippen LogP contribution in [-0.2, 0) is 6.54 Å². The molecule has 0 bridgehead atoms. The molecule has 1 aliphatic rings. The smallest absolute Gasteiger partial charge is 0.231 e. The molecule has 0 saturated carbocycles. The largest absolute Gasteiger partial charge is 0.507 e. The number of aromatic hydroxyl groups is 1. The lowest BCUT2D eigenvalue weighted by molar-refractivity contribution is -0.899. The molecule has 1 heterocycles. The van der Waals surface area contributed by atoms with Crippen LogP contribution < -0.4 is 9.64 Å². The third-order valence-electron chi connectivity index (χ3n) is 4.19. The number of ether oxygens (including phenoxy) is 1. The Morgan fingerprint density at radius 1 is 1.15 bits per heavy atom. The van der Waals surface area contributed by atoms with Gasteiger partial charge in [0.15, 0.2) is 24.6 Å². The van der Waals surface area contributed by atoms with Crippen LogP contribution in [-0.4, -0.2) is 24.0 Å². The van der Waals surface area contributed by atoms with Crippen molar-refractivity contribution in [3.8, 4) is 23.6 Å². The first-order valence-electron chi connectivity index (χ1n) is 8.16. The zero-order chi connectivity index (χ0) is 19.4. The molecule has 1 aliphatic heterocycles. The summed E-state index contributed by atoms with van der Waals surface area (Å²) in [5.74, 6) is 0.000888. The normalized spacial score (nSPS) is 13.9. The third-order valence-corrected chi connectivity index (χ3v) is 4.54. The van der Waals surface area contributed by atoms with Crippen molar-refractivity contribution in [3.05, 3.63) is 63.9 Å². The third kappa shape index (κ3) is 3.78. The number of rotatable bonds is 5. The van der Waals surface area contributed by atoms with Gasteiger partial charge in [0.05, 0.1) is 11.1 Å². The van der Waals surface area contributed by atoms with Gasteiger partial charge in [-0.05, 0) is 29.8 Å². The van der Waals surface area contributed by atoms with Crippen molar-refractivity contribution in [2.24, 2.45) is 0 Å². The molecule has 0 amide bonds. The summed E-state index contributed by atoms with van der Waals surface area (Å²) < 4.78 is 5.76. The van der Waals surface area contributed by atoms with Crippen molar-refractivity contribution >= 4 is 23.5 Å². The second-order valence-corrected chi connectivity index (χ2v) is 6.40. The maximum absolute atomic E-state index is 12.7. The second kappa shape index (κ2) is 7.92. The minimum atomic E-state index is -0.312. The monoisotopic (exact) mass is 380 g/mol. The Hall–Kier alpha value is -3.32. The summed E-state index contributed by atoms with van der Waals surface area (Å²) in [6, 6.07) is 14.0. The van der Waals surface area contributed by atoms with Gasteiger partial charge in [-0.3, -0.25) is 4.79 Å². The van der Waals surface area contributed by atoms with Gasteiger partial charge >= 0.3 is 0 Å². The van der Waals surface area contributed by atoms with E-state index in [9.17, 15) is 9.90 Å². The van der Waals surface area contributed by atoms with Gasteiger partial charge in [0.25, 0.3) is 0 Å². The topological polar surface area (TPSA) is 98.6 Å². The molecule has 2 aromatic carbocycles. The van der Waals surface area contributed by atoms with Gasteiger partial charge in [-0.2, -0.15) is 10.5 Å². The van der Waals surface area contributed by atoms with Gasteiger partial charge in [0.2, 0.25) is 5.78 Å². The molecule has 0 unspecified atom stereocenters. The molecule has 0 aromatic heterocycles. The maximum atomic E-state index is 12.7. The first-order valence-corrected chi connectivity index (χ1v) is 8.54. The second-order valence-electron chi connectivity index (χ2n) is 6.00. The predicted octanol–water partition coefficient (Wildman–Crippen LogP) is 2.09. The average Bonchev–Trinajstić information content (AvgIpc) is 2.96. The lowest BCUT2D eigenvalue weighted by Gasteiger charge is -2.15. The van der Waals surface area contributed by atoms with Crippen LogP contribution in [0.25, 0.3) is 6.08 Å². The highest BCUT2D eigenvalue weighted by Crippen LogP contribution is 2.39. The molecule has 2 aromatic rings. The number of quaternary nitrogens is 1. The van der Waals surface area contributed by atoms with Crippen molar-refractivity contribution in [2.75, 3.05) is 13.1 Å². The number of carbonyl (C=O) groups excluding carboxylic acids is 1. The summed E-state index contributed by atoms with van der Waals surface area (Å²) in [6.07, 6.45) is 1.56. The molecular weight excluding hydrogens is 366 g/mol. The van der Waals surface area contributed by atoms with E-state index in [4.69, 9.17) is 26.9 Å². The van der Waals surface area contributed by atoms with Crippen LogP contribution in [0.2, 0.25) is 5.02 Å². The number of allylic oxidation sites excluding steroid dienone is 1. The molecule has 27 heavy (non-hydrogen) atoms. The fraction of sp³-hybridized carbons (Fsp3) is 0.150. The van der Waals surface area contributed by atoms with E-state index in [1.54, 1.807) is 30.3 Å². The Bertz CT molecular complexity index is 1000. The summed E-state index contributed by atoms with van der Waals surface area (Å²) >= 11 is 6.14. The van der Waals surface area contributed by atoms with Gasteiger partial charge < -0.3 is 14.7 Å². The number of nitrogens with zero attached hydrogens (tertiary/aromatic N) is 2. The molecule has 0 saturated heterocycles. The number of fused-ring (bicyclic) bond motifs is 1. The number of nitrogens with one attached hydrogen (secondary N) is 1. The molecule has 0 fully saturated rings. The molecule has 0 atom stereocenters. The summed E-state index contributed by atoms with van der Waals surface area (Å²) in [4.78, 5) is 13.3. The number of hydrogen-bond acceptors (Lipinski definition) is 5. The zero-order valence-electron chi connectivity index (χ0n) is 14.2. The predicted molar refractivity (Wildman–Crippen MR) is 98.1 cm³/mol. The van der Waals surface area contributed by atoms with Crippen LogP contribution >= 0.6 is 11.6 Å². The van der Waals surface area contributed by atoms with Gasteiger partial charge in [0, 0.05) is 5.02 Å². The average molecular weight is 381 g/mol. The van der Waals surface area contributed by atoms with E-state index < -0.39 is 0 Å². The summed E-state index contributed by atoms with van der Waals surface area (Å²) in [7, 11) is 0. The standard InChI is InChI=1S/C20H14ClN3O3/c21-16-4-2-1-3-13(16)11-18-19(26)14-5-6-17(25)15(20(14)27-18)12-24(9-7-22)10-8-23/h1-6,11,25H,9-10,12H2/p+1/b18-11+. The number of ketones is 1. The minimum absolute atomic E-state index is 0.0473. The molecule has 2 N–H and O–H groups in total. The number of hydrogen-bond donors (Lipinski definition) is 2. The van der Waals surface area contributed by atoms with Crippen molar-refractivity contribution in [3.63, 3.8) is 0 Å². The van der Waals surface area contributed by atoms with E-state index >= 15 is 0 Å². The van der Waals surface area contributed by atoms with E-state index in [1.165, 1.54) is 12.1 Å². The Kier molecular flexibility index (Phi) is 5.42. The van der Waals surface area contributed by atoms with Crippen LogP contribution in [0.5, 0.6) is 11.5 Å². The summed E-state index contributed by atoms with van der Waals surface area (Å²) in [5, 5.41) is 28.6. The van der Waals surface area contributed by atoms with E-state index in [1.807, 2.05) is 12.1 Å². The maximum Gasteiger partial charge on any atom is 0.231 e. The van der Waals surface area contributed by atoms with Crippen molar-refractivity contribution in [2.45, 2.75) is 6.54 Å². The fourth-order valence-electron chi connectivity index (χ4n) is 2.86. The van der Waals surface area contributed by atoms with Crippen LogP contribution in [0, 0.1) is 22.7 Å². The molecule has 6 nitrogen and oxygen atoms in total. The Balaban J connectivity index is 1.98. The number of phenols is 1. The summed E-state index contributed by atoms with van der Waals surface area (Å²) in [5.41, 5.74) is 1.36. The minimum Gasteiger partial charge on any atom is -0.507 e. The lowest BCUT2D eigenvalue weighted by Crippen LogP contribution is -3.10. The van der Waals surface area contributed by atoms with Crippen molar-refractivity contribution in [1.29, 1.82) is 10.5 Å². The van der Waals surface area contributed by atoms with Gasteiger partial charge in [-0.1, -0.05) is 29.8 Å². The highest BCUT2D eigenvalue weighted by atomic mass is 35.5. The first-order chi connectivity index (χ1) is 13.0. The zero-order valence-corrected chi connectivity index (χ0v) is 15.0. The molecule has 7 heteroatoms. The number of nitriles is 2. The summed E-state index contributed by atoms with van der Waals surface area (Å²) in [6.45, 7) is 0.364. The van der Waals surface area contributed by atoms with E-state index in [0.717, 1.165) is 0 Å². The number of Topliss-reactive ketones (excluding diaryl/α,β-unsaturated/α-hetero) is 1. The molecule has 0 radical (unpaired) electrons. The fourth-order valence-corrected chi connectivity index (χ4v) is 3.05. The van der Waals surface area contributed by atoms with Crippen LogP contribution in [0.4, 0.5) is 0 Å². The molecular formula is C20H15ClN3O3+. The van der Waals surface area contributed by atoms with Gasteiger partial charge in [0.1, 0.15) is 24.4 Å². The SMILES string of the molecule is N#CC[NH+](CC#N)Cc1c(O)ccc2c1O/C(=C/c1ccccc1Cl)C2=O. The van der Waals surface area contributed by atoms with Crippen molar-refractivity contribution in [1.82, 2.24) is 0 Å². The van der Waals surface area contributed by atoms with E-state index in [2.05, 4.69) is 0 Å². The van der Waals surface area contributed by atoms with Gasteiger partial charge in [-0.15, -0.1) is 0 Å². The highest BCUT2D eigenvalue weighted by molar-refractivity contribution is 6.32. The van der Waals surface area contributed by atoms with Crippen LogP contribution in [0.3, 0.4) is 0 Å². The quantitative estimate of drug-likeness (QED) is 0.611. The van der Waals surface area contributed by atoms with Crippen molar-refractivity contribution < 1.29 is 19.5 Å². The molecule has 0 aliphatic carbocycles. The van der Waals surface area contributed by atoms with Crippen LogP contribution in [0.1, 0.15) is 21.5 Å². The molecule has 134 valence electrons. The Morgan fingerprint density at radius 2 is 1.85 bits per heavy atom. The first kappa shape index (κ1) is 18.5. The number of halogens is 1. The molecule has 0 spiro atoms. The van der Waals surface area contributed by atoms with E-state index in [-0.39, 0.29) is 42.7 Å². The highest BCUT2D eigenvalue weighted by Gasteiger charge is 2.32. The Labute approximate surface area is 161 Å². The van der Waals surface area contributed by atoms with Gasteiger partial charge in [-0.25, -0.2) is 0 Å².